The first-order chi connectivity index (χ1) is 11.0. The molecule has 0 spiro atoms. The number of aldehydes is 1. The molecule has 1 aliphatic heterocycles. The number of amides is 1. The fraction of sp³-hybridized carbons (Fsp3) is 0.688. The molecule has 23 heavy (non-hydrogen) atoms. The van der Waals surface area contributed by atoms with E-state index in [2.05, 4.69) is 6.58 Å². The van der Waals surface area contributed by atoms with Crippen LogP contribution in [0.15, 0.2) is 12.7 Å². The topological polar surface area (TPSA) is 87.2 Å². The highest BCUT2D eigenvalue weighted by molar-refractivity contribution is 5.77. The van der Waals surface area contributed by atoms with Crippen LogP contribution >= 0.6 is 0 Å². The average molecular weight is 326 g/mol. The molecule has 0 aromatic heterocycles. The number of carboxylic acid groups (broad SMARTS) is 1. The van der Waals surface area contributed by atoms with Crippen LogP contribution in [-0.4, -0.2) is 72.6 Å². The number of hydrogen-bond acceptors (Lipinski definition) is 5. The molecule has 1 atom stereocenters. The van der Waals surface area contributed by atoms with E-state index in [1.807, 2.05) is 4.90 Å². The van der Waals surface area contributed by atoms with Crippen LogP contribution in [0.3, 0.4) is 0 Å². The van der Waals surface area contributed by atoms with Gasteiger partial charge in [0.15, 0.2) is 0 Å². The smallest absolute Gasteiger partial charge is 0.409 e. The van der Waals surface area contributed by atoms with Gasteiger partial charge in [-0.3, -0.25) is 9.69 Å². The van der Waals surface area contributed by atoms with Crippen LogP contribution in [0.5, 0.6) is 0 Å². The second-order valence-corrected chi connectivity index (χ2v) is 5.81. The van der Waals surface area contributed by atoms with E-state index in [0.717, 1.165) is 19.3 Å². The number of piperidine rings is 1. The van der Waals surface area contributed by atoms with Gasteiger partial charge in [-0.05, 0) is 38.3 Å². The monoisotopic (exact) mass is 326 g/mol. The molecule has 7 nitrogen and oxygen atoms in total. The van der Waals surface area contributed by atoms with Crippen molar-refractivity contribution < 1.29 is 24.2 Å². The Balaban J connectivity index is 2.33. The van der Waals surface area contributed by atoms with E-state index in [1.165, 1.54) is 6.08 Å². The molecule has 0 aromatic rings. The number of carboxylic acids is 1. The molecular formula is C16H26N2O5. The van der Waals surface area contributed by atoms with E-state index in [9.17, 15) is 14.4 Å². The molecule has 130 valence electrons. The Bertz CT molecular complexity index is 419. The summed E-state index contributed by atoms with van der Waals surface area (Å²) in [7, 11) is 1.70. The van der Waals surface area contributed by atoms with E-state index in [0.29, 0.717) is 31.8 Å². The number of nitrogens with zero attached hydrogens (tertiary/aromatic N) is 2. The number of carbonyl (C=O) groups is 3. The summed E-state index contributed by atoms with van der Waals surface area (Å²) < 4.78 is 4.96. The zero-order valence-electron chi connectivity index (χ0n) is 13.6. The van der Waals surface area contributed by atoms with Crippen molar-refractivity contribution in [1.29, 1.82) is 0 Å². The fourth-order valence-electron chi connectivity index (χ4n) is 2.76. The van der Waals surface area contributed by atoms with Crippen molar-refractivity contribution in [2.45, 2.75) is 31.7 Å². The lowest BCUT2D eigenvalue weighted by Gasteiger charge is -2.35. The molecule has 1 fully saturated rings. The number of hydrogen-bond donors (Lipinski definition) is 1. The van der Waals surface area contributed by atoms with E-state index < -0.39 is 12.0 Å². The van der Waals surface area contributed by atoms with Crippen LogP contribution in [-0.2, 0) is 14.3 Å². The van der Waals surface area contributed by atoms with Crippen molar-refractivity contribution in [3.8, 4) is 0 Å². The number of ether oxygens (including phenoxy) is 1. The summed E-state index contributed by atoms with van der Waals surface area (Å²) in [6, 6.07) is -0.718. The molecule has 0 bridgehead atoms. The van der Waals surface area contributed by atoms with Gasteiger partial charge in [-0.25, -0.2) is 4.79 Å². The second-order valence-electron chi connectivity index (χ2n) is 5.81. The fourth-order valence-corrected chi connectivity index (χ4v) is 2.76. The third-order valence-corrected chi connectivity index (χ3v) is 4.20. The van der Waals surface area contributed by atoms with E-state index in [-0.39, 0.29) is 19.1 Å². The summed E-state index contributed by atoms with van der Waals surface area (Å²) in [6.07, 6.45) is 4.46. The molecule has 1 heterocycles. The molecule has 1 saturated heterocycles. The highest BCUT2D eigenvalue weighted by Crippen LogP contribution is 2.23. The lowest BCUT2D eigenvalue weighted by molar-refractivity contribution is -0.145. The summed E-state index contributed by atoms with van der Waals surface area (Å²) >= 11 is 0. The normalized spacial score (nSPS) is 17.3. The Kier molecular flexibility index (Phi) is 8.32. The molecule has 0 aliphatic carbocycles. The first-order valence-electron chi connectivity index (χ1n) is 7.88. The van der Waals surface area contributed by atoms with Gasteiger partial charge in [0.2, 0.25) is 0 Å². The minimum Gasteiger partial charge on any atom is -0.480 e. The van der Waals surface area contributed by atoms with Gasteiger partial charge >= 0.3 is 12.1 Å². The summed E-state index contributed by atoms with van der Waals surface area (Å²) in [5, 5.41) is 9.16. The van der Waals surface area contributed by atoms with Gasteiger partial charge in [0.1, 0.15) is 18.9 Å². The predicted octanol–water partition coefficient (Wildman–Crippen LogP) is 1.39. The maximum absolute atomic E-state index is 11.6. The Morgan fingerprint density at radius 3 is 2.61 bits per heavy atom. The molecule has 1 unspecified atom stereocenters. The molecular weight excluding hydrogens is 300 g/mol. The van der Waals surface area contributed by atoms with Crippen molar-refractivity contribution in [3.05, 3.63) is 12.7 Å². The van der Waals surface area contributed by atoms with Gasteiger partial charge in [-0.1, -0.05) is 12.7 Å². The maximum Gasteiger partial charge on any atom is 0.409 e. The van der Waals surface area contributed by atoms with Crippen molar-refractivity contribution >= 4 is 18.3 Å². The highest BCUT2D eigenvalue weighted by Gasteiger charge is 2.29. The zero-order valence-corrected chi connectivity index (χ0v) is 13.6. The van der Waals surface area contributed by atoms with Gasteiger partial charge in [0.05, 0.1) is 0 Å². The molecule has 0 saturated carbocycles. The number of carbonyl (C=O) groups excluding carboxylic acids is 2. The largest absolute Gasteiger partial charge is 0.480 e. The summed E-state index contributed by atoms with van der Waals surface area (Å²) in [6.45, 7) is 5.64. The predicted molar refractivity (Wildman–Crippen MR) is 85.2 cm³/mol. The van der Waals surface area contributed by atoms with Crippen molar-refractivity contribution in [2.24, 2.45) is 5.92 Å². The van der Waals surface area contributed by atoms with Crippen LogP contribution < -0.4 is 0 Å². The standard InChI is InChI=1S/C16H26N2O5/c1-3-12-23-16(22)17(2)8-4-13-5-9-18(10-6-13)14(7-11-19)15(20)21/h3,11,13-14H,1,4-10,12H2,2H3,(H,20,21). The summed E-state index contributed by atoms with van der Waals surface area (Å²) in [5.41, 5.74) is 0. The third kappa shape index (κ3) is 6.40. The molecule has 1 rings (SSSR count). The molecule has 1 N–H and O–H groups in total. The van der Waals surface area contributed by atoms with Crippen LogP contribution in [0.1, 0.15) is 25.7 Å². The Hall–Kier alpha value is -1.89. The van der Waals surface area contributed by atoms with Crippen LogP contribution in [0, 0.1) is 5.92 Å². The van der Waals surface area contributed by atoms with Gasteiger partial charge in [-0.15, -0.1) is 0 Å². The van der Waals surface area contributed by atoms with Crippen molar-refractivity contribution in [2.75, 3.05) is 33.3 Å². The highest BCUT2D eigenvalue weighted by atomic mass is 16.6. The van der Waals surface area contributed by atoms with Crippen LogP contribution in [0.2, 0.25) is 0 Å². The van der Waals surface area contributed by atoms with Crippen molar-refractivity contribution in [1.82, 2.24) is 9.80 Å². The molecule has 0 radical (unpaired) electrons. The zero-order chi connectivity index (χ0) is 17.2. The Morgan fingerprint density at radius 1 is 1.43 bits per heavy atom. The molecule has 0 aromatic carbocycles. The van der Waals surface area contributed by atoms with Crippen LogP contribution in [0.25, 0.3) is 0 Å². The lowest BCUT2D eigenvalue weighted by atomic mass is 9.92. The SMILES string of the molecule is C=CCOC(=O)N(C)CCC1CCN(C(CC=O)C(=O)O)CC1. The summed E-state index contributed by atoms with van der Waals surface area (Å²) in [5.74, 6) is -0.494. The first-order valence-corrected chi connectivity index (χ1v) is 7.88. The van der Waals surface area contributed by atoms with Gasteiger partial charge in [0.25, 0.3) is 0 Å². The first kappa shape index (κ1) is 19.2. The van der Waals surface area contributed by atoms with Crippen LogP contribution in [0.4, 0.5) is 4.79 Å². The quantitative estimate of drug-likeness (QED) is 0.509. The third-order valence-electron chi connectivity index (χ3n) is 4.20. The number of likely N-dealkylation sites (tertiary alicyclic amines) is 1. The van der Waals surface area contributed by atoms with E-state index in [1.54, 1.807) is 11.9 Å². The number of aliphatic carboxylic acids is 1. The summed E-state index contributed by atoms with van der Waals surface area (Å²) in [4.78, 5) is 36.8. The van der Waals surface area contributed by atoms with Crippen molar-refractivity contribution in [3.63, 3.8) is 0 Å². The van der Waals surface area contributed by atoms with Gasteiger partial charge in [0, 0.05) is 20.0 Å². The van der Waals surface area contributed by atoms with E-state index in [4.69, 9.17) is 9.84 Å². The number of rotatable bonds is 9. The van der Waals surface area contributed by atoms with E-state index >= 15 is 0 Å². The molecule has 7 heteroatoms. The minimum absolute atomic E-state index is 0.0257. The maximum atomic E-state index is 11.6. The van der Waals surface area contributed by atoms with Gasteiger partial charge < -0.3 is 19.5 Å². The average Bonchev–Trinajstić information content (AvgIpc) is 2.55. The molecule has 1 amide bonds. The minimum atomic E-state index is -0.944. The molecule has 1 aliphatic rings. The Morgan fingerprint density at radius 2 is 2.09 bits per heavy atom. The van der Waals surface area contributed by atoms with Gasteiger partial charge in [-0.2, -0.15) is 0 Å². The second kappa shape index (κ2) is 9.99. The lowest BCUT2D eigenvalue weighted by Crippen LogP contribution is -2.46. The Labute approximate surface area is 136 Å².